The van der Waals surface area contributed by atoms with Gasteiger partial charge >= 0.3 is 5.97 Å². The number of rotatable bonds is 5. The Balaban J connectivity index is 2.06. The molecule has 0 bridgehead atoms. The SMILES string of the molecule is Cc1ccc(C(C)NCc2cc(C(=O)O)ccc2F)s1. The molecule has 0 saturated carbocycles. The summed E-state index contributed by atoms with van der Waals surface area (Å²) >= 11 is 1.69. The molecule has 2 N–H and O–H groups in total. The van der Waals surface area contributed by atoms with Crippen molar-refractivity contribution in [3.63, 3.8) is 0 Å². The number of benzene rings is 1. The molecule has 2 rings (SSSR count). The third-order valence-corrected chi connectivity index (χ3v) is 4.26. The Bertz CT molecular complexity index is 624. The van der Waals surface area contributed by atoms with Crippen LogP contribution in [0.25, 0.3) is 0 Å². The van der Waals surface area contributed by atoms with E-state index < -0.39 is 11.8 Å². The first-order chi connectivity index (χ1) is 9.47. The fourth-order valence-electron chi connectivity index (χ4n) is 1.89. The maximum Gasteiger partial charge on any atom is 0.335 e. The molecular weight excluding hydrogens is 277 g/mol. The molecule has 0 aliphatic carbocycles. The summed E-state index contributed by atoms with van der Waals surface area (Å²) in [6, 6.07) is 8.03. The van der Waals surface area contributed by atoms with Crippen molar-refractivity contribution >= 4 is 17.3 Å². The van der Waals surface area contributed by atoms with Crippen LogP contribution in [0.5, 0.6) is 0 Å². The third kappa shape index (κ3) is 3.43. The van der Waals surface area contributed by atoms with Gasteiger partial charge in [-0.3, -0.25) is 0 Å². The van der Waals surface area contributed by atoms with Crippen LogP contribution in [0.1, 0.15) is 38.6 Å². The molecule has 1 atom stereocenters. The Kier molecular flexibility index (Phi) is 4.52. The molecule has 3 nitrogen and oxygen atoms in total. The molecule has 0 amide bonds. The molecule has 20 heavy (non-hydrogen) atoms. The molecule has 0 fully saturated rings. The highest BCUT2D eigenvalue weighted by atomic mass is 32.1. The van der Waals surface area contributed by atoms with Crippen LogP contribution >= 0.6 is 11.3 Å². The fraction of sp³-hybridized carbons (Fsp3) is 0.267. The van der Waals surface area contributed by atoms with Gasteiger partial charge in [0.15, 0.2) is 0 Å². The van der Waals surface area contributed by atoms with E-state index in [1.54, 1.807) is 11.3 Å². The number of carboxylic acids is 1. The van der Waals surface area contributed by atoms with Crippen LogP contribution < -0.4 is 5.32 Å². The number of aryl methyl sites for hydroxylation is 1. The largest absolute Gasteiger partial charge is 0.478 e. The Hall–Kier alpha value is -1.72. The minimum absolute atomic E-state index is 0.0987. The average molecular weight is 293 g/mol. The Morgan fingerprint density at radius 1 is 1.40 bits per heavy atom. The lowest BCUT2D eigenvalue weighted by atomic mass is 10.1. The first kappa shape index (κ1) is 14.7. The lowest BCUT2D eigenvalue weighted by molar-refractivity contribution is 0.0696. The van der Waals surface area contributed by atoms with Gasteiger partial charge < -0.3 is 10.4 Å². The molecule has 1 aromatic heterocycles. The molecule has 2 aromatic rings. The summed E-state index contributed by atoms with van der Waals surface area (Å²) in [7, 11) is 0. The minimum atomic E-state index is -1.05. The average Bonchev–Trinajstić information content (AvgIpc) is 2.84. The van der Waals surface area contributed by atoms with Crippen molar-refractivity contribution in [1.82, 2.24) is 5.32 Å². The van der Waals surface area contributed by atoms with E-state index >= 15 is 0 Å². The number of nitrogens with one attached hydrogen (secondary N) is 1. The zero-order chi connectivity index (χ0) is 14.7. The number of aromatic carboxylic acids is 1. The Morgan fingerprint density at radius 3 is 2.75 bits per heavy atom. The molecule has 1 heterocycles. The molecule has 1 aromatic carbocycles. The zero-order valence-corrected chi connectivity index (χ0v) is 12.1. The molecule has 106 valence electrons. The van der Waals surface area contributed by atoms with Crippen molar-refractivity contribution in [3.8, 4) is 0 Å². The lowest BCUT2D eigenvalue weighted by Crippen LogP contribution is -2.18. The van der Waals surface area contributed by atoms with E-state index in [9.17, 15) is 9.18 Å². The second-order valence-corrected chi connectivity index (χ2v) is 5.98. The Labute approximate surface area is 121 Å². The first-order valence-corrected chi connectivity index (χ1v) is 7.10. The van der Waals surface area contributed by atoms with Crippen LogP contribution in [-0.4, -0.2) is 11.1 Å². The molecule has 5 heteroatoms. The molecule has 0 spiro atoms. The van der Waals surface area contributed by atoms with E-state index in [-0.39, 0.29) is 11.6 Å². The highest BCUT2D eigenvalue weighted by Crippen LogP contribution is 2.23. The van der Waals surface area contributed by atoms with Gasteiger partial charge in [-0.15, -0.1) is 11.3 Å². The van der Waals surface area contributed by atoms with Crippen molar-refractivity contribution < 1.29 is 14.3 Å². The van der Waals surface area contributed by atoms with Gasteiger partial charge in [-0.05, 0) is 44.2 Å². The standard InChI is InChI=1S/C15H16FNO2S/c1-9-3-6-14(20-9)10(2)17-8-12-7-11(15(18)19)4-5-13(12)16/h3-7,10,17H,8H2,1-2H3,(H,18,19). The maximum atomic E-state index is 13.7. The van der Waals surface area contributed by atoms with Gasteiger partial charge in [-0.1, -0.05) is 0 Å². The molecule has 0 aliphatic heterocycles. The fourth-order valence-corrected chi connectivity index (χ4v) is 2.80. The molecular formula is C15H16FNO2S. The van der Waals surface area contributed by atoms with Gasteiger partial charge in [0.1, 0.15) is 5.82 Å². The van der Waals surface area contributed by atoms with Gasteiger partial charge in [-0.25, -0.2) is 9.18 Å². The van der Waals surface area contributed by atoms with Gasteiger partial charge in [0, 0.05) is 27.9 Å². The van der Waals surface area contributed by atoms with Gasteiger partial charge in [0.05, 0.1) is 5.56 Å². The predicted octanol–water partition coefficient (Wildman–Crippen LogP) is 3.74. The van der Waals surface area contributed by atoms with E-state index in [0.717, 1.165) is 0 Å². The monoisotopic (exact) mass is 293 g/mol. The van der Waals surface area contributed by atoms with Gasteiger partial charge in [-0.2, -0.15) is 0 Å². The highest BCUT2D eigenvalue weighted by molar-refractivity contribution is 7.12. The van der Waals surface area contributed by atoms with Crippen LogP contribution in [0.4, 0.5) is 4.39 Å². The molecule has 1 unspecified atom stereocenters. The molecule has 0 aliphatic rings. The summed E-state index contributed by atoms with van der Waals surface area (Å²) in [5.41, 5.74) is 0.466. The van der Waals surface area contributed by atoms with Gasteiger partial charge in [0.2, 0.25) is 0 Å². The van der Waals surface area contributed by atoms with E-state index in [0.29, 0.717) is 12.1 Å². The van der Waals surface area contributed by atoms with Crippen LogP contribution in [0.3, 0.4) is 0 Å². The van der Waals surface area contributed by atoms with Crippen molar-refractivity contribution in [2.24, 2.45) is 0 Å². The van der Waals surface area contributed by atoms with Crippen molar-refractivity contribution in [1.29, 1.82) is 0 Å². The summed E-state index contributed by atoms with van der Waals surface area (Å²) in [5.74, 6) is -1.44. The number of carbonyl (C=O) groups is 1. The molecule has 0 radical (unpaired) electrons. The summed E-state index contributed by atoms with van der Waals surface area (Å²) in [4.78, 5) is 13.3. The summed E-state index contributed by atoms with van der Waals surface area (Å²) in [5, 5.41) is 12.1. The van der Waals surface area contributed by atoms with Crippen LogP contribution in [0.15, 0.2) is 30.3 Å². The maximum absolute atomic E-state index is 13.7. The number of hydrogen-bond acceptors (Lipinski definition) is 3. The number of carboxylic acid groups (broad SMARTS) is 1. The van der Waals surface area contributed by atoms with Crippen molar-refractivity contribution in [3.05, 3.63) is 57.0 Å². The van der Waals surface area contributed by atoms with Crippen LogP contribution in [0, 0.1) is 12.7 Å². The number of hydrogen-bond donors (Lipinski definition) is 2. The van der Waals surface area contributed by atoms with E-state index in [4.69, 9.17) is 5.11 Å². The smallest absolute Gasteiger partial charge is 0.335 e. The van der Waals surface area contributed by atoms with Crippen LogP contribution in [-0.2, 0) is 6.54 Å². The van der Waals surface area contributed by atoms with E-state index in [2.05, 4.69) is 5.32 Å². The van der Waals surface area contributed by atoms with Crippen molar-refractivity contribution in [2.75, 3.05) is 0 Å². The highest BCUT2D eigenvalue weighted by Gasteiger charge is 2.11. The van der Waals surface area contributed by atoms with Gasteiger partial charge in [0.25, 0.3) is 0 Å². The Morgan fingerprint density at radius 2 is 2.15 bits per heavy atom. The lowest BCUT2D eigenvalue weighted by Gasteiger charge is -2.13. The second-order valence-electron chi connectivity index (χ2n) is 4.66. The normalized spacial score (nSPS) is 12.3. The summed E-state index contributed by atoms with van der Waals surface area (Å²) < 4.78 is 13.7. The topological polar surface area (TPSA) is 49.3 Å². The van der Waals surface area contributed by atoms with E-state index in [1.165, 1.54) is 28.0 Å². The minimum Gasteiger partial charge on any atom is -0.478 e. The molecule has 0 saturated heterocycles. The third-order valence-electron chi connectivity index (χ3n) is 3.08. The van der Waals surface area contributed by atoms with Crippen LogP contribution in [0.2, 0.25) is 0 Å². The number of halogens is 1. The summed E-state index contributed by atoms with van der Waals surface area (Å²) in [6.07, 6.45) is 0. The zero-order valence-electron chi connectivity index (χ0n) is 11.3. The summed E-state index contributed by atoms with van der Waals surface area (Å²) in [6.45, 7) is 4.34. The second kappa shape index (κ2) is 6.15. The first-order valence-electron chi connectivity index (χ1n) is 6.29. The quantitative estimate of drug-likeness (QED) is 0.882. The van der Waals surface area contributed by atoms with Crippen molar-refractivity contribution in [2.45, 2.75) is 26.4 Å². The number of thiophene rings is 1. The van der Waals surface area contributed by atoms with E-state index in [1.807, 2.05) is 26.0 Å². The predicted molar refractivity (Wildman–Crippen MR) is 77.7 cm³/mol.